The van der Waals surface area contributed by atoms with E-state index in [-0.39, 0.29) is 19.0 Å². The molecule has 0 bridgehead atoms. The molecular formula is C14H20ClN3O3. The van der Waals surface area contributed by atoms with Crippen molar-refractivity contribution in [2.75, 3.05) is 25.0 Å². The summed E-state index contributed by atoms with van der Waals surface area (Å²) in [4.78, 5) is 28.6. The first-order chi connectivity index (χ1) is 9.93. The van der Waals surface area contributed by atoms with Crippen LogP contribution in [0.2, 0.25) is 5.02 Å². The molecule has 2 N–H and O–H groups in total. The molecule has 116 valence electrons. The highest BCUT2D eigenvalue weighted by Crippen LogP contribution is 2.12. The highest BCUT2D eigenvalue weighted by Gasteiger charge is 2.17. The third-order valence-corrected chi connectivity index (χ3v) is 3.24. The van der Waals surface area contributed by atoms with Gasteiger partial charge in [0.15, 0.2) is 0 Å². The highest BCUT2D eigenvalue weighted by atomic mass is 35.5. The van der Waals surface area contributed by atoms with Crippen molar-refractivity contribution in [1.29, 1.82) is 0 Å². The highest BCUT2D eigenvalue weighted by molar-refractivity contribution is 6.30. The molecule has 0 aliphatic rings. The molecular weight excluding hydrogens is 294 g/mol. The van der Waals surface area contributed by atoms with Gasteiger partial charge in [-0.3, -0.25) is 9.59 Å². The number of anilines is 1. The fraction of sp³-hybridized carbons (Fsp3) is 0.500. The number of hydrogen-bond acceptors (Lipinski definition) is 4. The molecule has 0 saturated carbocycles. The maximum atomic E-state index is 11.8. The summed E-state index contributed by atoms with van der Waals surface area (Å²) in [5.41, 5.74) is 0. The second-order valence-electron chi connectivity index (χ2n) is 4.82. The van der Waals surface area contributed by atoms with E-state index in [1.165, 1.54) is 6.20 Å². The van der Waals surface area contributed by atoms with Crippen molar-refractivity contribution in [1.82, 2.24) is 10.3 Å². The summed E-state index contributed by atoms with van der Waals surface area (Å²) in [6.07, 6.45) is 2.82. The first-order valence-electron chi connectivity index (χ1n) is 6.76. The Morgan fingerprint density at radius 1 is 1.48 bits per heavy atom. The minimum Gasteiger partial charge on any atom is -0.481 e. The molecule has 0 radical (unpaired) electrons. The van der Waals surface area contributed by atoms with Gasteiger partial charge in [-0.05, 0) is 18.6 Å². The first-order valence-corrected chi connectivity index (χ1v) is 7.14. The van der Waals surface area contributed by atoms with Gasteiger partial charge >= 0.3 is 5.97 Å². The number of amides is 1. The quantitative estimate of drug-likeness (QED) is 0.764. The van der Waals surface area contributed by atoms with E-state index < -0.39 is 11.9 Å². The number of carbonyl (C=O) groups excluding carboxylic acids is 1. The van der Waals surface area contributed by atoms with Crippen LogP contribution in [0.25, 0.3) is 0 Å². The molecule has 0 saturated heterocycles. The molecule has 1 heterocycles. The Morgan fingerprint density at radius 2 is 2.19 bits per heavy atom. The topological polar surface area (TPSA) is 82.5 Å². The maximum absolute atomic E-state index is 11.8. The number of nitrogens with one attached hydrogen (secondary N) is 1. The zero-order valence-electron chi connectivity index (χ0n) is 12.2. The number of carboxylic acids is 1. The predicted octanol–water partition coefficient (Wildman–Crippen LogP) is 1.79. The van der Waals surface area contributed by atoms with Gasteiger partial charge in [0.05, 0.1) is 17.5 Å². The summed E-state index contributed by atoms with van der Waals surface area (Å²) in [6, 6.07) is 3.41. The first kappa shape index (κ1) is 17.2. The van der Waals surface area contributed by atoms with Crippen LogP contribution < -0.4 is 10.2 Å². The third kappa shape index (κ3) is 5.99. The molecule has 0 fully saturated rings. The Balaban J connectivity index is 2.45. The van der Waals surface area contributed by atoms with Crippen LogP contribution in [0.1, 0.15) is 19.8 Å². The largest absolute Gasteiger partial charge is 0.481 e. The molecule has 6 nitrogen and oxygen atoms in total. The lowest BCUT2D eigenvalue weighted by atomic mass is 10.0. The van der Waals surface area contributed by atoms with E-state index in [1.807, 2.05) is 6.92 Å². The average molecular weight is 314 g/mol. The van der Waals surface area contributed by atoms with Crippen LogP contribution in [0.5, 0.6) is 0 Å². The van der Waals surface area contributed by atoms with E-state index in [1.54, 1.807) is 24.1 Å². The zero-order chi connectivity index (χ0) is 15.8. The lowest BCUT2D eigenvalue weighted by Gasteiger charge is -2.18. The van der Waals surface area contributed by atoms with Gasteiger partial charge in [-0.1, -0.05) is 24.9 Å². The van der Waals surface area contributed by atoms with Crippen molar-refractivity contribution < 1.29 is 14.7 Å². The van der Waals surface area contributed by atoms with Crippen molar-refractivity contribution in [3.05, 3.63) is 23.4 Å². The summed E-state index contributed by atoms with van der Waals surface area (Å²) in [5.74, 6) is -1.04. The van der Waals surface area contributed by atoms with Gasteiger partial charge in [-0.25, -0.2) is 4.98 Å². The number of pyridine rings is 1. The second kappa shape index (κ2) is 8.46. The summed E-state index contributed by atoms with van der Waals surface area (Å²) in [5, 5.41) is 12.2. The van der Waals surface area contributed by atoms with Gasteiger partial charge < -0.3 is 15.3 Å². The molecule has 1 amide bonds. The van der Waals surface area contributed by atoms with Crippen LogP contribution in [0, 0.1) is 5.92 Å². The van der Waals surface area contributed by atoms with E-state index in [2.05, 4.69) is 10.3 Å². The monoisotopic (exact) mass is 313 g/mol. The number of aliphatic carboxylic acids is 1. The smallest absolute Gasteiger partial charge is 0.308 e. The third-order valence-electron chi connectivity index (χ3n) is 3.02. The molecule has 7 heteroatoms. The van der Waals surface area contributed by atoms with E-state index >= 15 is 0 Å². The van der Waals surface area contributed by atoms with Crippen LogP contribution in [-0.4, -0.2) is 42.1 Å². The van der Waals surface area contributed by atoms with E-state index in [0.29, 0.717) is 17.3 Å². The SMILES string of the molecule is CCCC(CNC(=O)CN(C)c1ccc(Cl)cn1)C(=O)O. The van der Waals surface area contributed by atoms with Crippen molar-refractivity contribution >= 4 is 29.3 Å². The minimum atomic E-state index is -0.884. The van der Waals surface area contributed by atoms with Gasteiger partial charge in [-0.15, -0.1) is 0 Å². The number of nitrogens with zero attached hydrogens (tertiary/aromatic N) is 2. The second-order valence-corrected chi connectivity index (χ2v) is 5.26. The average Bonchev–Trinajstić information content (AvgIpc) is 2.43. The number of carboxylic acid groups (broad SMARTS) is 1. The van der Waals surface area contributed by atoms with Crippen LogP contribution in [0.4, 0.5) is 5.82 Å². The Kier molecular flexibility index (Phi) is 6.94. The summed E-state index contributed by atoms with van der Waals surface area (Å²) in [6.45, 7) is 2.16. The number of likely N-dealkylation sites (N-methyl/N-ethyl adjacent to an activating group) is 1. The molecule has 0 aromatic carbocycles. The molecule has 1 atom stereocenters. The van der Waals surface area contributed by atoms with Gasteiger partial charge in [0, 0.05) is 19.8 Å². The molecule has 1 rings (SSSR count). The molecule has 0 spiro atoms. The minimum absolute atomic E-state index is 0.104. The normalized spacial score (nSPS) is 11.8. The Hall–Kier alpha value is -1.82. The van der Waals surface area contributed by atoms with E-state index in [9.17, 15) is 9.59 Å². The van der Waals surface area contributed by atoms with E-state index in [4.69, 9.17) is 16.7 Å². The molecule has 0 aliphatic carbocycles. The summed E-state index contributed by atoms with van der Waals surface area (Å²) >= 11 is 5.75. The van der Waals surface area contributed by atoms with Crippen molar-refractivity contribution in [3.63, 3.8) is 0 Å². The molecule has 1 aromatic heterocycles. The number of halogens is 1. The van der Waals surface area contributed by atoms with Gasteiger partial charge in [-0.2, -0.15) is 0 Å². The van der Waals surface area contributed by atoms with Crippen LogP contribution >= 0.6 is 11.6 Å². The standard InChI is InChI=1S/C14H20ClN3O3/c1-3-4-10(14(20)21)7-17-13(19)9-18(2)12-6-5-11(15)8-16-12/h5-6,8,10H,3-4,7,9H2,1-2H3,(H,17,19)(H,20,21). The lowest BCUT2D eigenvalue weighted by Crippen LogP contribution is -2.39. The molecule has 1 unspecified atom stereocenters. The predicted molar refractivity (Wildman–Crippen MR) is 81.6 cm³/mol. The van der Waals surface area contributed by atoms with Crippen molar-refractivity contribution in [2.24, 2.45) is 5.92 Å². The van der Waals surface area contributed by atoms with Crippen molar-refractivity contribution in [2.45, 2.75) is 19.8 Å². The fourth-order valence-corrected chi connectivity index (χ4v) is 1.96. The Labute approximate surface area is 129 Å². The van der Waals surface area contributed by atoms with Crippen LogP contribution in [0.3, 0.4) is 0 Å². The number of carbonyl (C=O) groups is 2. The van der Waals surface area contributed by atoms with Gasteiger partial charge in [0.2, 0.25) is 5.91 Å². The number of rotatable bonds is 8. The lowest BCUT2D eigenvalue weighted by molar-refractivity contribution is -0.141. The number of hydrogen-bond donors (Lipinski definition) is 2. The number of aromatic nitrogens is 1. The maximum Gasteiger partial charge on any atom is 0.308 e. The molecule has 0 aliphatic heterocycles. The Bertz CT molecular complexity index is 479. The molecule has 21 heavy (non-hydrogen) atoms. The van der Waals surface area contributed by atoms with Crippen LogP contribution in [0.15, 0.2) is 18.3 Å². The summed E-state index contributed by atoms with van der Waals surface area (Å²) < 4.78 is 0. The zero-order valence-corrected chi connectivity index (χ0v) is 12.9. The fourth-order valence-electron chi connectivity index (χ4n) is 1.84. The van der Waals surface area contributed by atoms with Gasteiger partial charge in [0.1, 0.15) is 5.82 Å². The Morgan fingerprint density at radius 3 is 2.71 bits per heavy atom. The van der Waals surface area contributed by atoms with Gasteiger partial charge in [0.25, 0.3) is 0 Å². The van der Waals surface area contributed by atoms with E-state index in [0.717, 1.165) is 6.42 Å². The molecule has 1 aromatic rings. The summed E-state index contributed by atoms with van der Waals surface area (Å²) in [7, 11) is 1.73. The van der Waals surface area contributed by atoms with Crippen LogP contribution in [-0.2, 0) is 9.59 Å². The van der Waals surface area contributed by atoms with Crippen molar-refractivity contribution in [3.8, 4) is 0 Å².